The lowest BCUT2D eigenvalue weighted by atomic mass is 9.74. The van der Waals surface area contributed by atoms with Gasteiger partial charge < -0.3 is 15.7 Å². The first-order valence-corrected chi connectivity index (χ1v) is 5.55. The normalized spacial score (nSPS) is 13.3. The van der Waals surface area contributed by atoms with Crippen LogP contribution in [0.3, 0.4) is 0 Å². The Hall–Kier alpha value is -1.31. The third kappa shape index (κ3) is 5.06. The summed E-state index contributed by atoms with van der Waals surface area (Å²) in [4.78, 5) is 23.0. The molecule has 1 amide bonds. The maximum absolute atomic E-state index is 12.4. The van der Waals surface area contributed by atoms with Gasteiger partial charge in [-0.2, -0.15) is 13.2 Å². The molecule has 19 heavy (non-hydrogen) atoms. The van der Waals surface area contributed by atoms with Crippen molar-refractivity contribution in [2.24, 2.45) is 11.1 Å². The van der Waals surface area contributed by atoms with E-state index in [1.165, 1.54) is 27.7 Å². The molecule has 0 fully saturated rings. The van der Waals surface area contributed by atoms with Gasteiger partial charge in [0.05, 0.1) is 5.41 Å². The van der Waals surface area contributed by atoms with Crippen LogP contribution in [0.1, 0.15) is 27.7 Å². The van der Waals surface area contributed by atoms with Crippen LogP contribution in [0.4, 0.5) is 13.2 Å². The molecule has 0 atom stereocenters. The largest absolute Gasteiger partial charge is 0.480 e. The smallest absolute Gasteiger partial charge is 0.406 e. The van der Waals surface area contributed by atoms with E-state index in [2.05, 4.69) is 0 Å². The number of carbonyl (C=O) groups is 2. The van der Waals surface area contributed by atoms with Gasteiger partial charge in [0.25, 0.3) is 0 Å². The minimum absolute atomic E-state index is 0.261. The van der Waals surface area contributed by atoms with Crippen molar-refractivity contribution in [3.05, 3.63) is 0 Å². The topological polar surface area (TPSA) is 83.6 Å². The van der Waals surface area contributed by atoms with E-state index < -0.39 is 42.1 Å². The second kappa shape index (κ2) is 5.36. The molecule has 0 aromatic heterocycles. The van der Waals surface area contributed by atoms with Crippen LogP contribution in [0.2, 0.25) is 0 Å². The minimum atomic E-state index is -4.67. The quantitative estimate of drug-likeness (QED) is 0.795. The number of halogens is 3. The molecule has 0 radical (unpaired) electrons. The summed E-state index contributed by atoms with van der Waals surface area (Å²) in [7, 11) is 0. The highest BCUT2D eigenvalue weighted by Crippen LogP contribution is 2.31. The molecule has 0 aliphatic carbocycles. The molecule has 5 nitrogen and oxygen atoms in total. The molecule has 0 saturated heterocycles. The Morgan fingerprint density at radius 3 is 1.84 bits per heavy atom. The van der Waals surface area contributed by atoms with E-state index in [1.54, 1.807) is 0 Å². The molecular formula is C11H19F3N2O3. The highest BCUT2D eigenvalue weighted by Gasteiger charge is 2.45. The van der Waals surface area contributed by atoms with Crippen LogP contribution in [0, 0.1) is 5.41 Å². The van der Waals surface area contributed by atoms with Crippen LogP contribution < -0.4 is 5.73 Å². The highest BCUT2D eigenvalue weighted by atomic mass is 19.4. The molecule has 0 aliphatic rings. The number of carbonyl (C=O) groups excluding carboxylic acids is 1. The zero-order valence-electron chi connectivity index (χ0n) is 11.3. The minimum Gasteiger partial charge on any atom is -0.480 e. The summed E-state index contributed by atoms with van der Waals surface area (Å²) in [6, 6.07) is 0. The fraction of sp³-hybridized carbons (Fsp3) is 0.818. The van der Waals surface area contributed by atoms with Gasteiger partial charge in [0.2, 0.25) is 5.91 Å². The number of hydrogen-bond donors (Lipinski definition) is 2. The van der Waals surface area contributed by atoms with Crippen molar-refractivity contribution in [1.29, 1.82) is 0 Å². The average molecular weight is 284 g/mol. The van der Waals surface area contributed by atoms with Gasteiger partial charge in [-0.05, 0) is 27.7 Å². The number of alkyl halides is 3. The van der Waals surface area contributed by atoms with E-state index in [-0.39, 0.29) is 4.90 Å². The molecule has 0 bridgehead atoms. The molecule has 112 valence electrons. The summed E-state index contributed by atoms with van der Waals surface area (Å²) in [5, 5.41) is 8.61. The number of carboxylic acids is 1. The number of aliphatic carboxylic acids is 1. The number of nitrogens with two attached hydrogens (primary N) is 1. The Bertz CT molecular complexity index is 359. The first kappa shape index (κ1) is 17.7. The Balaban J connectivity index is 5.28. The van der Waals surface area contributed by atoms with Gasteiger partial charge >= 0.3 is 12.1 Å². The van der Waals surface area contributed by atoms with Crippen LogP contribution in [0.15, 0.2) is 0 Å². The van der Waals surface area contributed by atoms with Crippen LogP contribution in [0.25, 0.3) is 0 Å². The van der Waals surface area contributed by atoms with Crippen molar-refractivity contribution in [2.45, 2.75) is 39.4 Å². The summed E-state index contributed by atoms with van der Waals surface area (Å²) >= 11 is 0. The van der Waals surface area contributed by atoms with Gasteiger partial charge in [-0.25, -0.2) is 0 Å². The highest BCUT2D eigenvalue weighted by molar-refractivity contribution is 5.86. The zero-order valence-corrected chi connectivity index (χ0v) is 11.3. The van der Waals surface area contributed by atoms with E-state index in [4.69, 9.17) is 10.8 Å². The summed E-state index contributed by atoms with van der Waals surface area (Å²) in [5.41, 5.74) is 3.35. The summed E-state index contributed by atoms with van der Waals surface area (Å²) in [6.45, 7) is 3.14. The number of rotatable bonds is 5. The van der Waals surface area contributed by atoms with Crippen LogP contribution >= 0.6 is 0 Å². The standard InChI is InChI=1S/C11H19F3N2O3/c1-9(2,10(3,4)15)8(19)16(5-7(17)18)6-11(12,13)14/h5-6,15H2,1-4H3,(H,17,18). The molecule has 0 heterocycles. The predicted octanol–water partition coefficient (Wildman–Crippen LogP) is 1.23. The SMILES string of the molecule is CC(C)(N)C(C)(C)C(=O)N(CC(=O)O)CC(F)(F)F. The number of hydrogen-bond acceptors (Lipinski definition) is 3. The van der Waals surface area contributed by atoms with Crippen molar-refractivity contribution in [3.8, 4) is 0 Å². The van der Waals surface area contributed by atoms with Crippen molar-refractivity contribution < 1.29 is 27.9 Å². The second-order valence-corrected chi connectivity index (χ2v) is 5.52. The van der Waals surface area contributed by atoms with Crippen LogP contribution in [-0.4, -0.2) is 46.7 Å². The molecule has 8 heteroatoms. The first-order valence-electron chi connectivity index (χ1n) is 5.55. The Labute approximate surface area is 109 Å². The van der Waals surface area contributed by atoms with Gasteiger partial charge in [0.15, 0.2) is 0 Å². The van der Waals surface area contributed by atoms with Gasteiger partial charge in [0, 0.05) is 5.54 Å². The molecule has 0 aromatic rings. The van der Waals surface area contributed by atoms with E-state index in [0.717, 1.165) is 0 Å². The molecule has 3 N–H and O–H groups in total. The van der Waals surface area contributed by atoms with Gasteiger partial charge in [0.1, 0.15) is 13.1 Å². The first-order chi connectivity index (χ1) is 8.18. The molecule has 0 rings (SSSR count). The van der Waals surface area contributed by atoms with E-state index in [1.807, 2.05) is 0 Å². The Morgan fingerprint density at radius 2 is 1.58 bits per heavy atom. The number of nitrogens with zero attached hydrogens (tertiary/aromatic N) is 1. The Kier molecular flexibility index (Phi) is 4.99. The maximum Gasteiger partial charge on any atom is 0.406 e. The molecule has 0 spiro atoms. The molecular weight excluding hydrogens is 265 g/mol. The molecule has 0 aromatic carbocycles. The average Bonchev–Trinajstić information content (AvgIpc) is 2.10. The van der Waals surface area contributed by atoms with E-state index in [0.29, 0.717) is 0 Å². The van der Waals surface area contributed by atoms with Crippen molar-refractivity contribution in [2.75, 3.05) is 13.1 Å². The van der Waals surface area contributed by atoms with Crippen LogP contribution in [0.5, 0.6) is 0 Å². The third-order valence-electron chi connectivity index (χ3n) is 3.13. The van der Waals surface area contributed by atoms with Crippen LogP contribution in [-0.2, 0) is 9.59 Å². The lowest BCUT2D eigenvalue weighted by Gasteiger charge is -2.40. The molecule has 0 aliphatic heterocycles. The van der Waals surface area contributed by atoms with E-state index >= 15 is 0 Å². The monoisotopic (exact) mass is 284 g/mol. The molecule has 0 saturated carbocycles. The maximum atomic E-state index is 12.4. The van der Waals surface area contributed by atoms with Gasteiger partial charge in [-0.15, -0.1) is 0 Å². The lowest BCUT2D eigenvalue weighted by molar-refractivity contribution is -0.172. The number of carboxylic acid groups (broad SMARTS) is 1. The lowest BCUT2D eigenvalue weighted by Crippen LogP contribution is -2.58. The summed E-state index contributed by atoms with van der Waals surface area (Å²) < 4.78 is 37.1. The van der Waals surface area contributed by atoms with E-state index in [9.17, 15) is 22.8 Å². The van der Waals surface area contributed by atoms with Gasteiger partial charge in [-0.3, -0.25) is 9.59 Å². The van der Waals surface area contributed by atoms with Crippen molar-refractivity contribution in [3.63, 3.8) is 0 Å². The summed E-state index contributed by atoms with van der Waals surface area (Å²) in [6.07, 6.45) is -4.67. The van der Waals surface area contributed by atoms with Crippen molar-refractivity contribution >= 4 is 11.9 Å². The van der Waals surface area contributed by atoms with Gasteiger partial charge in [-0.1, -0.05) is 0 Å². The zero-order chi connectivity index (χ0) is 15.6. The summed E-state index contributed by atoms with van der Waals surface area (Å²) in [5.74, 6) is -2.46. The number of amides is 1. The predicted molar refractivity (Wildman–Crippen MR) is 62.3 cm³/mol. The fourth-order valence-corrected chi connectivity index (χ4v) is 1.25. The second-order valence-electron chi connectivity index (χ2n) is 5.52. The fourth-order valence-electron chi connectivity index (χ4n) is 1.25. The third-order valence-corrected chi connectivity index (χ3v) is 3.13. The Morgan fingerprint density at radius 1 is 1.16 bits per heavy atom. The van der Waals surface area contributed by atoms with Crippen molar-refractivity contribution in [1.82, 2.24) is 4.90 Å². The molecule has 0 unspecified atom stereocenters.